The van der Waals surface area contributed by atoms with Gasteiger partial charge in [-0.25, -0.2) is 4.52 Å². The summed E-state index contributed by atoms with van der Waals surface area (Å²) in [6.45, 7) is 2.77. The fourth-order valence-corrected chi connectivity index (χ4v) is 3.01. The fraction of sp³-hybridized carbons (Fsp3) is 0.467. The van der Waals surface area contributed by atoms with Gasteiger partial charge in [-0.1, -0.05) is 6.07 Å². The number of pyridine rings is 1. The van der Waals surface area contributed by atoms with Gasteiger partial charge in [0.2, 0.25) is 0 Å². The molecular formula is C15H20N4O. The molecule has 1 aliphatic heterocycles. The van der Waals surface area contributed by atoms with Crippen LogP contribution < -0.4 is 5.73 Å². The first-order valence-corrected chi connectivity index (χ1v) is 7.17. The lowest BCUT2D eigenvalue weighted by Gasteiger charge is -2.37. The standard InChI is InChI=1S/C15H20N4O/c1-11(16)13-6-2-4-8-18(13)15(20)12-10-17-19-9-5-3-7-14(12)19/h3,5,7,9-11,13H,2,4,6,8,16H2,1H3. The summed E-state index contributed by atoms with van der Waals surface area (Å²) in [5.74, 6) is 0.0493. The van der Waals surface area contributed by atoms with Gasteiger partial charge in [-0.2, -0.15) is 5.10 Å². The second-order valence-electron chi connectivity index (χ2n) is 5.51. The first kappa shape index (κ1) is 13.1. The Morgan fingerprint density at radius 1 is 1.45 bits per heavy atom. The maximum Gasteiger partial charge on any atom is 0.257 e. The molecule has 0 radical (unpaired) electrons. The number of aromatic nitrogens is 2. The normalized spacial score (nSPS) is 21.1. The smallest absolute Gasteiger partial charge is 0.257 e. The summed E-state index contributed by atoms with van der Waals surface area (Å²) in [5.41, 5.74) is 7.56. The largest absolute Gasteiger partial charge is 0.334 e. The molecule has 2 N–H and O–H groups in total. The van der Waals surface area contributed by atoms with Crippen molar-refractivity contribution >= 4 is 11.4 Å². The predicted molar refractivity (Wildman–Crippen MR) is 77.5 cm³/mol. The zero-order chi connectivity index (χ0) is 14.1. The fourth-order valence-electron chi connectivity index (χ4n) is 3.01. The zero-order valence-corrected chi connectivity index (χ0v) is 11.7. The highest BCUT2D eigenvalue weighted by molar-refractivity contribution is 6.00. The van der Waals surface area contributed by atoms with Crippen LogP contribution in [-0.4, -0.2) is 39.0 Å². The number of nitrogens with two attached hydrogens (primary N) is 1. The second kappa shape index (κ2) is 5.25. The number of nitrogens with zero attached hydrogens (tertiary/aromatic N) is 3. The van der Waals surface area contributed by atoms with Gasteiger partial charge in [0.05, 0.1) is 17.3 Å². The van der Waals surface area contributed by atoms with Crippen LogP contribution in [0.25, 0.3) is 5.52 Å². The maximum absolute atomic E-state index is 12.8. The van der Waals surface area contributed by atoms with Crippen LogP contribution in [0.15, 0.2) is 30.6 Å². The van der Waals surface area contributed by atoms with Crippen molar-refractivity contribution in [1.29, 1.82) is 0 Å². The molecular weight excluding hydrogens is 252 g/mol. The average Bonchev–Trinajstić information content (AvgIpc) is 2.90. The lowest BCUT2D eigenvalue weighted by atomic mass is 9.96. The summed E-state index contributed by atoms with van der Waals surface area (Å²) in [4.78, 5) is 14.7. The van der Waals surface area contributed by atoms with Crippen molar-refractivity contribution in [2.75, 3.05) is 6.54 Å². The molecule has 2 atom stereocenters. The number of fused-ring (bicyclic) bond motifs is 1. The van der Waals surface area contributed by atoms with E-state index in [1.165, 1.54) is 0 Å². The molecule has 0 aromatic carbocycles. The van der Waals surface area contributed by atoms with E-state index >= 15 is 0 Å². The molecule has 2 aromatic heterocycles. The topological polar surface area (TPSA) is 63.6 Å². The minimum atomic E-state index is 0.00101. The van der Waals surface area contributed by atoms with Gasteiger partial charge in [0, 0.05) is 24.8 Å². The predicted octanol–water partition coefficient (Wildman–Crippen LogP) is 1.68. The SMILES string of the molecule is CC(N)C1CCCCN1C(=O)c1cnn2ccccc12. The van der Waals surface area contributed by atoms with E-state index in [2.05, 4.69) is 5.10 Å². The molecule has 5 heteroatoms. The first-order valence-electron chi connectivity index (χ1n) is 7.17. The van der Waals surface area contributed by atoms with E-state index in [9.17, 15) is 4.79 Å². The number of carbonyl (C=O) groups excluding carboxylic acids is 1. The van der Waals surface area contributed by atoms with Gasteiger partial charge in [0.1, 0.15) is 0 Å². The molecule has 1 saturated heterocycles. The third-order valence-electron chi connectivity index (χ3n) is 4.07. The van der Waals surface area contributed by atoms with Crippen LogP contribution in [0.1, 0.15) is 36.5 Å². The van der Waals surface area contributed by atoms with Crippen molar-refractivity contribution in [2.24, 2.45) is 5.73 Å². The van der Waals surface area contributed by atoms with E-state index in [1.54, 1.807) is 10.7 Å². The zero-order valence-electron chi connectivity index (χ0n) is 11.7. The second-order valence-corrected chi connectivity index (χ2v) is 5.51. The van der Waals surface area contributed by atoms with E-state index in [0.29, 0.717) is 5.56 Å². The number of piperidine rings is 1. The monoisotopic (exact) mass is 272 g/mol. The van der Waals surface area contributed by atoms with Gasteiger partial charge in [-0.15, -0.1) is 0 Å². The minimum Gasteiger partial charge on any atom is -0.334 e. The third-order valence-corrected chi connectivity index (χ3v) is 4.07. The summed E-state index contributed by atoms with van der Waals surface area (Å²) in [7, 11) is 0. The summed E-state index contributed by atoms with van der Waals surface area (Å²) in [5, 5.41) is 4.24. The molecule has 1 amide bonds. The van der Waals surface area contributed by atoms with Crippen LogP contribution >= 0.6 is 0 Å². The molecule has 0 spiro atoms. The molecule has 0 aliphatic carbocycles. The number of carbonyl (C=O) groups is 1. The van der Waals surface area contributed by atoms with Crippen molar-refractivity contribution in [3.05, 3.63) is 36.2 Å². The first-order chi connectivity index (χ1) is 9.68. The Hall–Kier alpha value is -1.88. The average molecular weight is 272 g/mol. The Labute approximate surface area is 118 Å². The molecule has 3 heterocycles. The molecule has 20 heavy (non-hydrogen) atoms. The van der Waals surface area contributed by atoms with Crippen molar-refractivity contribution in [1.82, 2.24) is 14.5 Å². The van der Waals surface area contributed by atoms with Crippen LogP contribution in [0.3, 0.4) is 0 Å². The molecule has 5 nitrogen and oxygen atoms in total. The molecule has 106 valence electrons. The van der Waals surface area contributed by atoms with Crippen LogP contribution in [0.4, 0.5) is 0 Å². The Bertz CT molecular complexity index is 619. The van der Waals surface area contributed by atoms with Crippen LogP contribution in [0.2, 0.25) is 0 Å². The van der Waals surface area contributed by atoms with Crippen LogP contribution in [0, 0.1) is 0 Å². The van der Waals surface area contributed by atoms with Crippen molar-refractivity contribution in [2.45, 2.75) is 38.3 Å². The third kappa shape index (κ3) is 2.18. The highest BCUT2D eigenvalue weighted by Crippen LogP contribution is 2.23. The van der Waals surface area contributed by atoms with Crippen molar-refractivity contribution in [3.8, 4) is 0 Å². The van der Waals surface area contributed by atoms with Gasteiger partial charge in [0.25, 0.3) is 5.91 Å². The molecule has 2 aromatic rings. The highest BCUT2D eigenvalue weighted by Gasteiger charge is 2.31. The van der Waals surface area contributed by atoms with E-state index < -0.39 is 0 Å². The quantitative estimate of drug-likeness (QED) is 0.904. The number of amides is 1. The summed E-state index contributed by atoms with van der Waals surface area (Å²) < 4.78 is 1.73. The van der Waals surface area contributed by atoms with E-state index in [-0.39, 0.29) is 18.0 Å². The van der Waals surface area contributed by atoms with E-state index in [4.69, 9.17) is 5.73 Å². The van der Waals surface area contributed by atoms with Crippen LogP contribution in [0.5, 0.6) is 0 Å². The maximum atomic E-state index is 12.8. The van der Waals surface area contributed by atoms with Gasteiger partial charge >= 0.3 is 0 Å². The Morgan fingerprint density at radius 2 is 2.30 bits per heavy atom. The lowest BCUT2D eigenvalue weighted by Crippen LogP contribution is -2.51. The number of rotatable bonds is 2. The van der Waals surface area contributed by atoms with Crippen molar-refractivity contribution < 1.29 is 4.79 Å². The van der Waals surface area contributed by atoms with Crippen molar-refractivity contribution in [3.63, 3.8) is 0 Å². The van der Waals surface area contributed by atoms with Gasteiger partial charge in [0.15, 0.2) is 0 Å². The minimum absolute atomic E-state index is 0.00101. The molecule has 1 fully saturated rings. The molecule has 0 saturated carbocycles. The summed E-state index contributed by atoms with van der Waals surface area (Å²) in [6.07, 6.45) is 6.69. The van der Waals surface area contributed by atoms with Gasteiger partial charge in [-0.05, 0) is 38.3 Å². The lowest BCUT2D eigenvalue weighted by molar-refractivity contribution is 0.0586. The van der Waals surface area contributed by atoms with Gasteiger partial charge in [-0.3, -0.25) is 4.79 Å². The molecule has 1 aliphatic rings. The summed E-state index contributed by atoms with van der Waals surface area (Å²) in [6, 6.07) is 5.88. The highest BCUT2D eigenvalue weighted by atomic mass is 16.2. The van der Waals surface area contributed by atoms with Gasteiger partial charge < -0.3 is 10.6 Å². The number of hydrogen-bond acceptors (Lipinski definition) is 3. The summed E-state index contributed by atoms with van der Waals surface area (Å²) >= 11 is 0. The Kier molecular flexibility index (Phi) is 3.44. The molecule has 0 bridgehead atoms. The molecule has 2 unspecified atom stereocenters. The molecule has 3 rings (SSSR count). The number of likely N-dealkylation sites (tertiary alicyclic amines) is 1. The Balaban J connectivity index is 1.94. The van der Waals surface area contributed by atoms with E-state index in [1.807, 2.05) is 36.2 Å². The van der Waals surface area contributed by atoms with Crippen LogP contribution in [-0.2, 0) is 0 Å². The Morgan fingerprint density at radius 3 is 3.10 bits per heavy atom. The van der Waals surface area contributed by atoms with E-state index in [0.717, 1.165) is 31.3 Å². The number of hydrogen-bond donors (Lipinski definition) is 1.